The molecule has 6 nitrogen and oxygen atoms in total. The molecule has 0 aliphatic heterocycles. The summed E-state index contributed by atoms with van der Waals surface area (Å²) >= 11 is 0. The minimum absolute atomic E-state index is 0.123. The molecule has 0 spiro atoms. The summed E-state index contributed by atoms with van der Waals surface area (Å²) in [4.78, 5) is 9.33. The van der Waals surface area contributed by atoms with Crippen molar-refractivity contribution in [3.05, 3.63) is 0 Å². The lowest BCUT2D eigenvalue weighted by molar-refractivity contribution is -0.155. The minimum atomic E-state index is -3.98. The summed E-state index contributed by atoms with van der Waals surface area (Å²) < 4.78 is 31.3. The van der Waals surface area contributed by atoms with Gasteiger partial charge in [0.05, 0.1) is 6.61 Å². The molecule has 0 aromatic rings. The largest absolute Gasteiger partial charge is 0.472 e. The highest BCUT2D eigenvalue weighted by atomic mass is 31.2. The number of rotatable bonds is 11. The quantitative estimate of drug-likeness (QED) is 0.353. The van der Waals surface area contributed by atoms with Gasteiger partial charge in [0.2, 0.25) is 0 Å². The van der Waals surface area contributed by atoms with E-state index in [1.54, 1.807) is 0 Å². The average Bonchev–Trinajstić information content (AvgIpc) is 2.27. The van der Waals surface area contributed by atoms with Crippen LogP contribution < -0.4 is 0 Å². The van der Waals surface area contributed by atoms with Crippen molar-refractivity contribution in [2.24, 2.45) is 0 Å². The maximum Gasteiger partial charge on any atom is 0.472 e. The first-order valence-corrected chi connectivity index (χ1v) is 7.40. The molecule has 0 saturated heterocycles. The van der Waals surface area contributed by atoms with E-state index in [1.807, 2.05) is 20.8 Å². The molecule has 0 rings (SSSR count). The van der Waals surface area contributed by atoms with E-state index in [1.165, 1.54) is 0 Å². The smallest absolute Gasteiger partial charge is 0.351 e. The number of phosphoric ester groups is 1. The van der Waals surface area contributed by atoms with Crippen LogP contribution in [-0.2, 0) is 23.1 Å². The molecule has 0 aromatic carbocycles. The van der Waals surface area contributed by atoms with Crippen LogP contribution in [0.15, 0.2) is 0 Å². The Kier molecular flexibility index (Phi) is 10.0. The Morgan fingerprint density at radius 1 is 1.12 bits per heavy atom. The Balaban J connectivity index is 3.90. The molecular formula is C10H23O6P. The summed E-state index contributed by atoms with van der Waals surface area (Å²) in [5.41, 5.74) is 0. The van der Waals surface area contributed by atoms with Gasteiger partial charge in [0.1, 0.15) is 6.61 Å². The van der Waals surface area contributed by atoms with Gasteiger partial charge in [-0.05, 0) is 20.3 Å². The third-order valence-corrected chi connectivity index (χ3v) is 2.82. The Morgan fingerprint density at radius 3 is 2.18 bits per heavy atom. The van der Waals surface area contributed by atoms with Crippen molar-refractivity contribution in [2.45, 2.75) is 39.9 Å². The van der Waals surface area contributed by atoms with Crippen molar-refractivity contribution in [3.8, 4) is 0 Å². The first kappa shape index (κ1) is 17.0. The van der Waals surface area contributed by atoms with E-state index in [0.717, 1.165) is 6.42 Å². The van der Waals surface area contributed by atoms with Crippen molar-refractivity contribution in [3.63, 3.8) is 0 Å². The number of ether oxygens (including phenoxy) is 2. The van der Waals surface area contributed by atoms with Gasteiger partial charge in [0.15, 0.2) is 6.29 Å². The molecule has 0 aliphatic carbocycles. The fourth-order valence-electron chi connectivity index (χ4n) is 1.03. The van der Waals surface area contributed by atoms with Crippen LogP contribution >= 0.6 is 7.82 Å². The lowest BCUT2D eigenvalue weighted by atomic mass is 10.4. The second-order valence-electron chi connectivity index (χ2n) is 3.29. The second kappa shape index (κ2) is 10.00. The summed E-state index contributed by atoms with van der Waals surface area (Å²) in [7, 11) is -3.98. The summed E-state index contributed by atoms with van der Waals surface area (Å²) in [6.07, 6.45) is 0.967. The van der Waals surface area contributed by atoms with Gasteiger partial charge in [0.25, 0.3) is 0 Å². The summed E-state index contributed by atoms with van der Waals surface area (Å²) in [6, 6.07) is 0. The molecule has 7 heteroatoms. The van der Waals surface area contributed by atoms with Gasteiger partial charge in [0, 0.05) is 13.2 Å². The van der Waals surface area contributed by atoms with Crippen LogP contribution in [0, 0.1) is 0 Å². The van der Waals surface area contributed by atoms with E-state index in [4.69, 9.17) is 18.5 Å². The van der Waals surface area contributed by atoms with Crippen molar-refractivity contribution in [1.29, 1.82) is 0 Å². The van der Waals surface area contributed by atoms with Crippen molar-refractivity contribution in [1.82, 2.24) is 0 Å². The average molecular weight is 270 g/mol. The van der Waals surface area contributed by atoms with Crippen LogP contribution in [-0.4, -0.2) is 37.6 Å². The molecule has 0 fully saturated rings. The topological polar surface area (TPSA) is 74.2 Å². The molecule has 0 heterocycles. The highest BCUT2D eigenvalue weighted by Crippen LogP contribution is 2.43. The molecule has 104 valence electrons. The maximum atomic E-state index is 11.4. The van der Waals surface area contributed by atoms with Crippen LogP contribution in [0.2, 0.25) is 0 Å². The van der Waals surface area contributed by atoms with Crippen LogP contribution in [0.5, 0.6) is 0 Å². The molecule has 0 saturated carbocycles. The molecule has 1 N–H and O–H groups in total. The Bertz CT molecular complexity index is 217. The molecule has 1 unspecified atom stereocenters. The summed E-state index contributed by atoms with van der Waals surface area (Å²) in [6.45, 7) is 6.55. The number of hydrogen-bond acceptors (Lipinski definition) is 5. The molecule has 0 bridgehead atoms. The molecule has 0 amide bonds. The molecule has 0 aromatic heterocycles. The van der Waals surface area contributed by atoms with Gasteiger partial charge < -0.3 is 14.4 Å². The number of phosphoric acid groups is 1. The highest BCUT2D eigenvalue weighted by molar-refractivity contribution is 7.47. The zero-order valence-electron chi connectivity index (χ0n) is 10.8. The molecule has 0 radical (unpaired) electrons. The van der Waals surface area contributed by atoms with E-state index in [2.05, 4.69) is 0 Å². The third kappa shape index (κ3) is 9.71. The normalized spacial score (nSPS) is 15.1. The van der Waals surface area contributed by atoms with Gasteiger partial charge >= 0.3 is 7.82 Å². The lowest BCUT2D eigenvalue weighted by Gasteiger charge is -2.18. The predicted octanol–water partition coefficient (Wildman–Crippen LogP) is 2.32. The molecule has 0 aliphatic rings. The van der Waals surface area contributed by atoms with Crippen LogP contribution in [0.4, 0.5) is 0 Å². The Morgan fingerprint density at radius 2 is 1.71 bits per heavy atom. The Hall–Kier alpha value is 0.0300. The Labute approximate surface area is 103 Å². The van der Waals surface area contributed by atoms with E-state index < -0.39 is 14.1 Å². The predicted molar refractivity (Wildman–Crippen MR) is 63.7 cm³/mol. The fourth-order valence-corrected chi connectivity index (χ4v) is 1.78. The lowest BCUT2D eigenvalue weighted by Crippen LogP contribution is -2.23. The van der Waals surface area contributed by atoms with Crippen molar-refractivity contribution >= 4 is 7.82 Å². The van der Waals surface area contributed by atoms with Gasteiger partial charge in [-0.2, -0.15) is 0 Å². The van der Waals surface area contributed by atoms with Gasteiger partial charge in [-0.1, -0.05) is 13.3 Å². The number of hydrogen-bond donors (Lipinski definition) is 1. The summed E-state index contributed by atoms with van der Waals surface area (Å²) in [5, 5.41) is 0. The monoisotopic (exact) mass is 270 g/mol. The first-order chi connectivity index (χ1) is 8.05. The van der Waals surface area contributed by atoms with E-state index >= 15 is 0 Å². The third-order valence-electron chi connectivity index (χ3n) is 1.83. The van der Waals surface area contributed by atoms with E-state index in [-0.39, 0.29) is 13.2 Å². The van der Waals surface area contributed by atoms with Gasteiger partial charge in [-0.15, -0.1) is 0 Å². The van der Waals surface area contributed by atoms with Gasteiger partial charge in [-0.3, -0.25) is 9.05 Å². The van der Waals surface area contributed by atoms with Crippen LogP contribution in [0.3, 0.4) is 0 Å². The molecule has 17 heavy (non-hydrogen) atoms. The van der Waals surface area contributed by atoms with Crippen LogP contribution in [0.1, 0.15) is 33.6 Å². The number of unbranched alkanes of at least 4 members (excludes halogenated alkanes) is 1. The zero-order chi connectivity index (χ0) is 13.1. The standard InChI is InChI=1S/C10H23O6P/c1-4-7-8-15-17(11,12)16-9-10(13-5-2)14-6-3/h10H,4-9H2,1-3H3,(H,11,12). The fraction of sp³-hybridized carbons (Fsp3) is 1.00. The second-order valence-corrected chi connectivity index (χ2v) is 4.74. The maximum absolute atomic E-state index is 11.4. The molecular weight excluding hydrogens is 247 g/mol. The van der Waals surface area contributed by atoms with Crippen LogP contribution in [0.25, 0.3) is 0 Å². The summed E-state index contributed by atoms with van der Waals surface area (Å²) in [5.74, 6) is 0. The zero-order valence-corrected chi connectivity index (χ0v) is 11.7. The van der Waals surface area contributed by atoms with Crippen molar-refractivity contribution in [2.75, 3.05) is 26.4 Å². The van der Waals surface area contributed by atoms with E-state index in [9.17, 15) is 9.46 Å². The molecule has 1 atom stereocenters. The van der Waals surface area contributed by atoms with Gasteiger partial charge in [-0.25, -0.2) is 4.57 Å². The minimum Gasteiger partial charge on any atom is -0.351 e. The van der Waals surface area contributed by atoms with E-state index in [0.29, 0.717) is 19.6 Å². The van der Waals surface area contributed by atoms with Crippen molar-refractivity contribution < 1.29 is 28.0 Å². The first-order valence-electron chi connectivity index (χ1n) is 5.90. The SMILES string of the molecule is CCCCOP(=O)(O)OCC(OCC)OCC. The highest BCUT2D eigenvalue weighted by Gasteiger charge is 2.23.